The third kappa shape index (κ3) is 4.25. The Hall–Kier alpha value is -1.48. The van der Waals surface area contributed by atoms with Gasteiger partial charge in [0.25, 0.3) is 5.91 Å². The van der Waals surface area contributed by atoms with Crippen LogP contribution in [-0.4, -0.2) is 76.0 Å². The maximum atomic E-state index is 13.1. The number of nitrogens with one attached hydrogen (secondary N) is 1. The van der Waals surface area contributed by atoms with Crippen molar-refractivity contribution < 1.29 is 17.9 Å². The van der Waals surface area contributed by atoms with Gasteiger partial charge in [-0.2, -0.15) is 4.31 Å². The summed E-state index contributed by atoms with van der Waals surface area (Å²) in [5.41, 5.74) is 0.346. The zero-order valence-corrected chi connectivity index (χ0v) is 16.0. The maximum absolute atomic E-state index is 13.1. The van der Waals surface area contributed by atoms with Crippen LogP contribution in [0.1, 0.15) is 29.6 Å². The third-order valence-electron chi connectivity index (χ3n) is 5.13. The molecule has 0 aliphatic carbocycles. The fourth-order valence-corrected chi connectivity index (χ4v) is 5.18. The van der Waals surface area contributed by atoms with Crippen LogP contribution in [0, 0.1) is 0 Å². The van der Waals surface area contributed by atoms with Gasteiger partial charge in [-0.05, 0) is 37.6 Å². The number of amides is 1. The van der Waals surface area contributed by atoms with Crippen molar-refractivity contribution in [3.8, 4) is 0 Å². The fraction of sp³-hybridized carbons (Fsp3) is 0.611. The number of rotatable bonds is 6. The number of carbonyl (C=O) groups excluding carboxylic acids is 1. The summed E-state index contributed by atoms with van der Waals surface area (Å²) < 4.78 is 32.6. The monoisotopic (exact) mass is 381 g/mol. The molecule has 0 aromatic heterocycles. The highest BCUT2D eigenvalue weighted by atomic mass is 32.2. The van der Waals surface area contributed by atoms with Crippen molar-refractivity contribution in [1.29, 1.82) is 0 Å². The van der Waals surface area contributed by atoms with Crippen LogP contribution in [0.4, 0.5) is 0 Å². The number of fused-ring (bicyclic) bond motifs is 1. The Morgan fingerprint density at radius 3 is 2.92 bits per heavy atom. The number of ether oxygens (including phenoxy) is 1. The van der Waals surface area contributed by atoms with E-state index in [9.17, 15) is 13.2 Å². The molecule has 0 radical (unpaired) electrons. The first-order chi connectivity index (χ1) is 12.5. The van der Waals surface area contributed by atoms with Crippen LogP contribution < -0.4 is 5.32 Å². The van der Waals surface area contributed by atoms with E-state index in [0.29, 0.717) is 37.8 Å². The molecule has 1 atom stereocenters. The Bertz CT molecular complexity index is 738. The number of piperidine rings is 1. The molecule has 2 aliphatic heterocycles. The number of piperazine rings is 1. The van der Waals surface area contributed by atoms with E-state index in [0.717, 1.165) is 25.9 Å². The first kappa shape index (κ1) is 19.3. The van der Waals surface area contributed by atoms with Gasteiger partial charge in [0.2, 0.25) is 10.0 Å². The van der Waals surface area contributed by atoms with Gasteiger partial charge in [0.15, 0.2) is 0 Å². The van der Waals surface area contributed by atoms with Gasteiger partial charge >= 0.3 is 0 Å². The van der Waals surface area contributed by atoms with Crippen LogP contribution in [-0.2, 0) is 14.8 Å². The lowest BCUT2D eigenvalue weighted by molar-refractivity contribution is 0.0851. The predicted molar refractivity (Wildman–Crippen MR) is 98.6 cm³/mol. The standard InChI is InChI=1S/C18H27N3O4S/c1-25-12-8-19-18(22)15-5-4-7-17(13-15)26(23,24)21-11-10-20-9-3-2-6-16(20)14-21/h4-5,7,13,16H,2-3,6,8-12,14H2,1H3,(H,19,22)/t16-/m0/s1. The van der Waals surface area contributed by atoms with E-state index in [2.05, 4.69) is 10.2 Å². The normalized spacial score (nSPS) is 22.0. The second-order valence-electron chi connectivity index (χ2n) is 6.83. The summed E-state index contributed by atoms with van der Waals surface area (Å²) in [6.45, 7) is 3.68. The largest absolute Gasteiger partial charge is 0.383 e. The zero-order chi connectivity index (χ0) is 18.6. The highest BCUT2D eigenvalue weighted by Crippen LogP contribution is 2.25. The van der Waals surface area contributed by atoms with E-state index in [1.165, 1.54) is 12.5 Å². The molecule has 7 nitrogen and oxygen atoms in total. The summed E-state index contributed by atoms with van der Waals surface area (Å²) >= 11 is 0. The van der Waals surface area contributed by atoms with Crippen molar-refractivity contribution in [1.82, 2.24) is 14.5 Å². The number of sulfonamides is 1. The molecule has 144 valence electrons. The summed E-state index contributed by atoms with van der Waals surface area (Å²) in [5, 5.41) is 2.72. The molecule has 26 heavy (non-hydrogen) atoms. The van der Waals surface area contributed by atoms with E-state index in [1.54, 1.807) is 29.6 Å². The molecular formula is C18H27N3O4S. The number of benzene rings is 1. The summed E-state index contributed by atoms with van der Waals surface area (Å²) in [6.07, 6.45) is 3.41. The van der Waals surface area contributed by atoms with E-state index in [1.807, 2.05) is 0 Å². The SMILES string of the molecule is COCCNC(=O)c1cccc(S(=O)(=O)N2CCN3CCCC[C@H]3C2)c1. The average molecular weight is 381 g/mol. The molecule has 1 amide bonds. The lowest BCUT2D eigenvalue weighted by atomic mass is 10.0. The van der Waals surface area contributed by atoms with Gasteiger partial charge in [-0.15, -0.1) is 0 Å². The van der Waals surface area contributed by atoms with Crippen LogP contribution in [0.2, 0.25) is 0 Å². The van der Waals surface area contributed by atoms with Crippen LogP contribution >= 0.6 is 0 Å². The van der Waals surface area contributed by atoms with Gasteiger partial charge in [-0.3, -0.25) is 9.69 Å². The van der Waals surface area contributed by atoms with E-state index >= 15 is 0 Å². The number of hydrogen-bond acceptors (Lipinski definition) is 5. The zero-order valence-electron chi connectivity index (χ0n) is 15.2. The molecule has 0 bridgehead atoms. The molecule has 0 spiro atoms. The molecule has 0 unspecified atom stereocenters. The van der Waals surface area contributed by atoms with Crippen molar-refractivity contribution in [3.05, 3.63) is 29.8 Å². The average Bonchev–Trinajstić information content (AvgIpc) is 2.67. The molecule has 0 saturated carbocycles. The molecule has 2 aliphatic rings. The summed E-state index contributed by atoms with van der Waals surface area (Å²) in [4.78, 5) is 14.8. The number of methoxy groups -OCH3 is 1. The van der Waals surface area contributed by atoms with Crippen LogP contribution in [0.5, 0.6) is 0 Å². The summed E-state index contributed by atoms with van der Waals surface area (Å²) in [5.74, 6) is -0.295. The molecule has 1 aromatic carbocycles. The van der Waals surface area contributed by atoms with E-state index < -0.39 is 10.0 Å². The quantitative estimate of drug-likeness (QED) is 0.742. The Balaban J connectivity index is 1.73. The second kappa shape index (κ2) is 8.47. The molecular weight excluding hydrogens is 354 g/mol. The Kier molecular flexibility index (Phi) is 6.29. The fourth-order valence-electron chi connectivity index (χ4n) is 3.66. The van der Waals surface area contributed by atoms with Crippen LogP contribution in [0.15, 0.2) is 29.2 Å². The lowest BCUT2D eigenvalue weighted by Gasteiger charge is -2.43. The van der Waals surface area contributed by atoms with Crippen molar-refractivity contribution in [3.63, 3.8) is 0 Å². The maximum Gasteiger partial charge on any atom is 0.251 e. The van der Waals surface area contributed by atoms with E-state index in [4.69, 9.17) is 4.74 Å². The highest BCUT2D eigenvalue weighted by molar-refractivity contribution is 7.89. The molecule has 1 N–H and O–H groups in total. The van der Waals surface area contributed by atoms with Gasteiger partial charge in [-0.1, -0.05) is 12.5 Å². The van der Waals surface area contributed by atoms with Crippen molar-refractivity contribution >= 4 is 15.9 Å². The van der Waals surface area contributed by atoms with Gasteiger partial charge in [-0.25, -0.2) is 8.42 Å². The first-order valence-electron chi connectivity index (χ1n) is 9.14. The molecule has 8 heteroatoms. The van der Waals surface area contributed by atoms with Crippen LogP contribution in [0.25, 0.3) is 0 Å². The molecule has 2 fully saturated rings. The topological polar surface area (TPSA) is 78.9 Å². The second-order valence-corrected chi connectivity index (χ2v) is 8.76. The highest BCUT2D eigenvalue weighted by Gasteiger charge is 2.35. The minimum atomic E-state index is -3.59. The number of hydrogen-bond donors (Lipinski definition) is 1. The molecule has 3 rings (SSSR count). The summed E-state index contributed by atoms with van der Waals surface area (Å²) in [6, 6.07) is 6.59. The minimum absolute atomic E-state index is 0.182. The molecule has 2 saturated heterocycles. The summed E-state index contributed by atoms with van der Waals surface area (Å²) in [7, 11) is -2.03. The minimum Gasteiger partial charge on any atom is -0.383 e. The van der Waals surface area contributed by atoms with Crippen molar-refractivity contribution in [2.24, 2.45) is 0 Å². The van der Waals surface area contributed by atoms with Gasteiger partial charge < -0.3 is 10.1 Å². The smallest absolute Gasteiger partial charge is 0.251 e. The lowest BCUT2D eigenvalue weighted by Crippen LogP contribution is -2.56. The number of carbonyl (C=O) groups is 1. The Labute approximate surface area is 155 Å². The Morgan fingerprint density at radius 1 is 1.27 bits per heavy atom. The molecule has 1 aromatic rings. The molecule has 2 heterocycles. The first-order valence-corrected chi connectivity index (χ1v) is 10.6. The van der Waals surface area contributed by atoms with E-state index in [-0.39, 0.29) is 10.8 Å². The van der Waals surface area contributed by atoms with Gasteiger partial charge in [0.1, 0.15) is 0 Å². The van der Waals surface area contributed by atoms with Crippen molar-refractivity contribution in [2.45, 2.75) is 30.2 Å². The predicted octanol–water partition coefficient (Wildman–Crippen LogP) is 0.922. The number of nitrogens with zero attached hydrogens (tertiary/aromatic N) is 2. The third-order valence-corrected chi connectivity index (χ3v) is 6.99. The Morgan fingerprint density at radius 2 is 2.12 bits per heavy atom. The van der Waals surface area contributed by atoms with Crippen molar-refractivity contribution in [2.75, 3.05) is 46.4 Å². The van der Waals surface area contributed by atoms with Gasteiger partial charge in [0.05, 0.1) is 11.5 Å². The van der Waals surface area contributed by atoms with Gasteiger partial charge in [0, 0.05) is 44.9 Å². The van der Waals surface area contributed by atoms with Crippen LogP contribution in [0.3, 0.4) is 0 Å².